The zero-order valence-electron chi connectivity index (χ0n) is 14.9. The summed E-state index contributed by atoms with van der Waals surface area (Å²) in [5.41, 5.74) is 4.57. The van der Waals surface area contributed by atoms with Gasteiger partial charge in [0.05, 0.1) is 5.92 Å². The van der Waals surface area contributed by atoms with Crippen molar-refractivity contribution in [3.05, 3.63) is 64.2 Å². The molecule has 132 valence electrons. The Hall–Kier alpha value is -1.84. The number of hydrogen-bond donors (Lipinski definition) is 1. The summed E-state index contributed by atoms with van der Waals surface area (Å²) in [6.07, 6.45) is 2.01. The van der Waals surface area contributed by atoms with Crippen LogP contribution in [0.25, 0.3) is 0 Å². The first-order valence-electron chi connectivity index (χ1n) is 8.86. The molecular formula is C21H25ClN2O. The summed E-state index contributed by atoms with van der Waals surface area (Å²) < 4.78 is 0. The van der Waals surface area contributed by atoms with Gasteiger partial charge in [-0.25, -0.2) is 0 Å². The normalized spacial score (nSPS) is 18.1. The van der Waals surface area contributed by atoms with Gasteiger partial charge in [0.2, 0.25) is 5.91 Å². The maximum absolute atomic E-state index is 12.7. The van der Waals surface area contributed by atoms with Crippen LogP contribution in [-0.4, -0.2) is 23.9 Å². The molecule has 1 aliphatic heterocycles. The van der Waals surface area contributed by atoms with Crippen molar-refractivity contribution in [1.29, 1.82) is 0 Å². The van der Waals surface area contributed by atoms with Crippen molar-refractivity contribution in [3.63, 3.8) is 0 Å². The third-order valence-corrected chi connectivity index (χ3v) is 5.22. The molecule has 1 N–H and O–H groups in total. The Labute approximate surface area is 155 Å². The minimum Gasteiger partial charge on any atom is -0.326 e. The van der Waals surface area contributed by atoms with Gasteiger partial charge in [0.15, 0.2) is 0 Å². The molecule has 0 aliphatic carbocycles. The third kappa shape index (κ3) is 4.83. The van der Waals surface area contributed by atoms with E-state index in [1.807, 2.05) is 24.3 Å². The predicted molar refractivity (Wildman–Crippen MR) is 104 cm³/mol. The largest absolute Gasteiger partial charge is 0.326 e. The molecule has 1 saturated heterocycles. The number of carbonyl (C=O) groups is 1. The minimum atomic E-state index is 0.0441. The zero-order valence-corrected chi connectivity index (χ0v) is 15.6. The number of aryl methyl sites for hydroxylation is 2. The molecular weight excluding hydrogens is 332 g/mol. The number of nitrogens with one attached hydrogen (secondary N) is 1. The fourth-order valence-corrected chi connectivity index (χ4v) is 3.45. The van der Waals surface area contributed by atoms with E-state index in [9.17, 15) is 4.79 Å². The molecule has 4 heteroatoms. The van der Waals surface area contributed by atoms with E-state index in [-0.39, 0.29) is 11.8 Å². The molecule has 25 heavy (non-hydrogen) atoms. The second kappa shape index (κ2) is 8.03. The number of piperidine rings is 1. The number of amides is 1. The lowest BCUT2D eigenvalue weighted by Crippen LogP contribution is -2.40. The molecule has 2 aromatic carbocycles. The van der Waals surface area contributed by atoms with Crippen LogP contribution in [0.3, 0.4) is 0 Å². The van der Waals surface area contributed by atoms with Gasteiger partial charge in [-0.15, -0.1) is 0 Å². The Morgan fingerprint density at radius 3 is 2.64 bits per heavy atom. The van der Waals surface area contributed by atoms with Gasteiger partial charge in [-0.2, -0.15) is 0 Å². The molecule has 2 aromatic rings. The highest BCUT2D eigenvalue weighted by molar-refractivity contribution is 6.30. The Morgan fingerprint density at radius 1 is 1.16 bits per heavy atom. The summed E-state index contributed by atoms with van der Waals surface area (Å²) in [4.78, 5) is 15.0. The van der Waals surface area contributed by atoms with Gasteiger partial charge >= 0.3 is 0 Å². The lowest BCUT2D eigenvalue weighted by Gasteiger charge is -2.32. The predicted octanol–water partition coefficient (Wildman–Crippen LogP) is 4.81. The Bertz CT molecular complexity index is 742. The van der Waals surface area contributed by atoms with E-state index in [1.165, 1.54) is 16.7 Å². The van der Waals surface area contributed by atoms with E-state index in [1.54, 1.807) is 0 Å². The van der Waals surface area contributed by atoms with Crippen LogP contribution in [0.15, 0.2) is 42.5 Å². The second-order valence-electron chi connectivity index (χ2n) is 6.99. The SMILES string of the molecule is Cc1ccc(NC(=O)C2CCCN(Cc3ccc(Cl)cc3)C2)cc1C. The fraction of sp³-hybridized carbons (Fsp3) is 0.381. The van der Waals surface area contributed by atoms with Crippen LogP contribution >= 0.6 is 11.6 Å². The molecule has 1 unspecified atom stereocenters. The molecule has 1 fully saturated rings. The van der Waals surface area contributed by atoms with Crippen molar-refractivity contribution >= 4 is 23.2 Å². The summed E-state index contributed by atoms with van der Waals surface area (Å²) in [6, 6.07) is 14.0. The number of rotatable bonds is 4. The van der Waals surface area contributed by atoms with Crippen LogP contribution in [0.4, 0.5) is 5.69 Å². The van der Waals surface area contributed by atoms with Crippen molar-refractivity contribution < 1.29 is 4.79 Å². The van der Waals surface area contributed by atoms with Crippen molar-refractivity contribution in [2.45, 2.75) is 33.2 Å². The highest BCUT2D eigenvalue weighted by Gasteiger charge is 2.25. The number of likely N-dealkylation sites (tertiary alicyclic amines) is 1. The standard InChI is InChI=1S/C21H25ClN2O/c1-15-5-10-20(12-16(15)2)23-21(25)18-4-3-11-24(14-18)13-17-6-8-19(22)9-7-17/h5-10,12,18H,3-4,11,13-14H2,1-2H3,(H,23,25). The first-order valence-corrected chi connectivity index (χ1v) is 9.24. The van der Waals surface area contributed by atoms with Crippen LogP contribution in [0.5, 0.6) is 0 Å². The van der Waals surface area contributed by atoms with Gasteiger partial charge < -0.3 is 5.32 Å². The minimum absolute atomic E-state index is 0.0441. The van der Waals surface area contributed by atoms with Gasteiger partial charge in [-0.3, -0.25) is 9.69 Å². The van der Waals surface area contributed by atoms with Crippen LogP contribution in [-0.2, 0) is 11.3 Å². The highest BCUT2D eigenvalue weighted by atomic mass is 35.5. The van der Waals surface area contributed by atoms with E-state index in [4.69, 9.17) is 11.6 Å². The number of nitrogens with zero attached hydrogens (tertiary/aromatic N) is 1. The quantitative estimate of drug-likeness (QED) is 0.852. The summed E-state index contributed by atoms with van der Waals surface area (Å²) in [6.45, 7) is 6.86. The van der Waals surface area contributed by atoms with Gasteiger partial charge in [-0.05, 0) is 74.2 Å². The summed E-state index contributed by atoms with van der Waals surface area (Å²) >= 11 is 5.95. The van der Waals surface area contributed by atoms with E-state index < -0.39 is 0 Å². The van der Waals surface area contributed by atoms with Crippen molar-refractivity contribution in [2.75, 3.05) is 18.4 Å². The van der Waals surface area contributed by atoms with E-state index in [2.05, 4.69) is 42.3 Å². The highest BCUT2D eigenvalue weighted by Crippen LogP contribution is 2.22. The topological polar surface area (TPSA) is 32.3 Å². The smallest absolute Gasteiger partial charge is 0.228 e. The van der Waals surface area contributed by atoms with Crippen LogP contribution in [0, 0.1) is 19.8 Å². The van der Waals surface area contributed by atoms with Crippen molar-refractivity contribution in [1.82, 2.24) is 4.90 Å². The van der Waals surface area contributed by atoms with Crippen LogP contribution in [0.1, 0.15) is 29.5 Å². The van der Waals surface area contributed by atoms with Crippen molar-refractivity contribution in [3.8, 4) is 0 Å². The molecule has 0 radical (unpaired) electrons. The fourth-order valence-electron chi connectivity index (χ4n) is 3.32. The molecule has 1 amide bonds. The average Bonchev–Trinajstić information content (AvgIpc) is 2.60. The summed E-state index contributed by atoms with van der Waals surface area (Å²) in [5.74, 6) is 0.173. The van der Waals surface area contributed by atoms with Crippen LogP contribution < -0.4 is 5.32 Å². The van der Waals surface area contributed by atoms with Crippen molar-refractivity contribution in [2.24, 2.45) is 5.92 Å². The van der Waals surface area contributed by atoms with Gasteiger partial charge in [-0.1, -0.05) is 29.8 Å². The molecule has 0 spiro atoms. The Kier molecular flexibility index (Phi) is 5.77. The van der Waals surface area contributed by atoms with Gasteiger partial charge in [0.25, 0.3) is 0 Å². The number of halogens is 1. The number of carbonyl (C=O) groups excluding carboxylic acids is 1. The van der Waals surface area contributed by atoms with Gasteiger partial charge in [0.1, 0.15) is 0 Å². The lowest BCUT2D eigenvalue weighted by molar-refractivity contribution is -0.121. The number of anilines is 1. The molecule has 0 bridgehead atoms. The molecule has 3 nitrogen and oxygen atoms in total. The third-order valence-electron chi connectivity index (χ3n) is 4.97. The average molecular weight is 357 g/mol. The number of hydrogen-bond acceptors (Lipinski definition) is 2. The van der Waals surface area contributed by atoms with E-state index >= 15 is 0 Å². The van der Waals surface area contributed by atoms with E-state index in [0.717, 1.165) is 43.2 Å². The first kappa shape index (κ1) is 18.0. The van der Waals surface area contributed by atoms with Crippen LogP contribution in [0.2, 0.25) is 5.02 Å². The molecule has 0 saturated carbocycles. The van der Waals surface area contributed by atoms with Gasteiger partial charge in [0, 0.05) is 23.8 Å². The molecule has 3 rings (SSSR count). The Morgan fingerprint density at radius 2 is 1.92 bits per heavy atom. The monoisotopic (exact) mass is 356 g/mol. The molecule has 1 aliphatic rings. The molecule has 1 heterocycles. The number of benzene rings is 2. The summed E-state index contributed by atoms with van der Waals surface area (Å²) in [5, 5.41) is 3.85. The van der Waals surface area contributed by atoms with E-state index in [0.29, 0.717) is 0 Å². The first-order chi connectivity index (χ1) is 12.0. The molecule has 0 aromatic heterocycles. The second-order valence-corrected chi connectivity index (χ2v) is 7.43. The maximum atomic E-state index is 12.7. The zero-order chi connectivity index (χ0) is 17.8. The maximum Gasteiger partial charge on any atom is 0.228 e. The Balaban J connectivity index is 1.59. The summed E-state index contributed by atoms with van der Waals surface area (Å²) in [7, 11) is 0. The molecule has 1 atom stereocenters. The lowest BCUT2D eigenvalue weighted by atomic mass is 9.96.